The van der Waals surface area contributed by atoms with E-state index < -0.39 is 0 Å². The zero-order chi connectivity index (χ0) is 13.1. The van der Waals surface area contributed by atoms with E-state index in [0.717, 1.165) is 25.2 Å². The Morgan fingerprint density at radius 1 is 1.05 bits per heavy atom. The van der Waals surface area contributed by atoms with Gasteiger partial charge in [0.25, 0.3) is 0 Å². The first-order valence-electron chi connectivity index (χ1n) is 6.87. The number of benzene rings is 2. The SMILES string of the molecule is NC(CCC1COc2ccccc21)c1ccccc1. The average Bonchev–Trinajstić information content (AvgIpc) is 2.89. The highest BCUT2D eigenvalue weighted by Gasteiger charge is 2.23. The minimum absolute atomic E-state index is 0.119. The Kier molecular flexibility index (Phi) is 3.51. The summed E-state index contributed by atoms with van der Waals surface area (Å²) in [7, 11) is 0. The van der Waals surface area contributed by atoms with E-state index >= 15 is 0 Å². The van der Waals surface area contributed by atoms with Crippen LogP contribution in [0.15, 0.2) is 54.6 Å². The fraction of sp³-hybridized carbons (Fsp3) is 0.294. The molecule has 0 spiro atoms. The maximum absolute atomic E-state index is 6.25. The number of rotatable bonds is 4. The van der Waals surface area contributed by atoms with Gasteiger partial charge < -0.3 is 10.5 Å². The lowest BCUT2D eigenvalue weighted by Crippen LogP contribution is -2.12. The molecule has 2 aromatic carbocycles. The van der Waals surface area contributed by atoms with Crippen LogP contribution in [0.25, 0.3) is 0 Å². The third-order valence-electron chi connectivity index (χ3n) is 3.85. The Bertz CT molecular complexity index is 538. The van der Waals surface area contributed by atoms with Crippen LogP contribution < -0.4 is 10.5 Å². The van der Waals surface area contributed by atoms with E-state index in [-0.39, 0.29) is 6.04 Å². The van der Waals surface area contributed by atoms with Crippen LogP contribution in [0.3, 0.4) is 0 Å². The Balaban J connectivity index is 1.62. The fourth-order valence-electron chi connectivity index (χ4n) is 2.72. The van der Waals surface area contributed by atoms with Crippen LogP contribution in [0.4, 0.5) is 0 Å². The molecule has 1 aliphatic rings. The summed E-state index contributed by atoms with van der Waals surface area (Å²) in [5.74, 6) is 1.53. The van der Waals surface area contributed by atoms with Crippen molar-refractivity contribution in [2.45, 2.75) is 24.8 Å². The van der Waals surface area contributed by atoms with Crippen LogP contribution in [-0.4, -0.2) is 6.61 Å². The Labute approximate surface area is 114 Å². The number of hydrogen-bond donors (Lipinski definition) is 1. The summed E-state index contributed by atoms with van der Waals surface area (Å²) in [5.41, 5.74) is 8.81. The minimum Gasteiger partial charge on any atom is -0.493 e. The first-order valence-corrected chi connectivity index (χ1v) is 6.87. The molecule has 2 heteroatoms. The second-order valence-electron chi connectivity index (χ2n) is 5.14. The fourth-order valence-corrected chi connectivity index (χ4v) is 2.72. The van der Waals surface area contributed by atoms with E-state index in [0.29, 0.717) is 5.92 Å². The summed E-state index contributed by atoms with van der Waals surface area (Å²) in [5, 5.41) is 0. The number of nitrogens with two attached hydrogens (primary N) is 1. The lowest BCUT2D eigenvalue weighted by molar-refractivity contribution is 0.320. The molecule has 2 aromatic rings. The highest BCUT2D eigenvalue weighted by Crippen LogP contribution is 2.37. The summed E-state index contributed by atoms with van der Waals surface area (Å²) < 4.78 is 5.71. The molecule has 1 heterocycles. The van der Waals surface area contributed by atoms with Crippen molar-refractivity contribution in [2.24, 2.45) is 5.73 Å². The van der Waals surface area contributed by atoms with E-state index in [9.17, 15) is 0 Å². The van der Waals surface area contributed by atoms with Gasteiger partial charge in [0, 0.05) is 17.5 Å². The maximum Gasteiger partial charge on any atom is 0.122 e. The largest absolute Gasteiger partial charge is 0.493 e. The van der Waals surface area contributed by atoms with Gasteiger partial charge in [-0.25, -0.2) is 0 Å². The van der Waals surface area contributed by atoms with E-state index in [1.807, 2.05) is 30.3 Å². The molecule has 2 atom stereocenters. The smallest absolute Gasteiger partial charge is 0.122 e. The summed E-state index contributed by atoms with van der Waals surface area (Å²) in [6.07, 6.45) is 2.07. The molecule has 0 bridgehead atoms. The molecule has 0 amide bonds. The van der Waals surface area contributed by atoms with Gasteiger partial charge in [0.15, 0.2) is 0 Å². The third kappa shape index (κ3) is 2.64. The average molecular weight is 253 g/mol. The Morgan fingerprint density at radius 3 is 2.63 bits per heavy atom. The summed E-state index contributed by atoms with van der Waals surface area (Å²) in [4.78, 5) is 0. The van der Waals surface area contributed by atoms with Crippen molar-refractivity contribution < 1.29 is 4.74 Å². The molecular weight excluding hydrogens is 234 g/mol. The van der Waals surface area contributed by atoms with Crippen molar-refractivity contribution >= 4 is 0 Å². The van der Waals surface area contributed by atoms with Crippen molar-refractivity contribution in [3.8, 4) is 5.75 Å². The molecule has 19 heavy (non-hydrogen) atoms. The van der Waals surface area contributed by atoms with E-state index in [2.05, 4.69) is 24.3 Å². The van der Waals surface area contributed by atoms with E-state index in [4.69, 9.17) is 10.5 Å². The van der Waals surface area contributed by atoms with Crippen molar-refractivity contribution in [2.75, 3.05) is 6.61 Å². The highest BCUT2D eigenvalue weighted by atomic mass is 16.5. The molecule has 0 aliphatic carbocycles. The Morgan fingerprint density at radius 2 is 1.79 bits per heavy atom. The van der Waals surface area contributed by atoms with E-state index in [1.54, 1.807) is 0 Å². The number of ether oxygens (including phenoxy) is 1. The second-order valence-corrected chi connectivity index (χ2v) is 5.14. The molecule has 0 saturated carbocycles. The van der Waals surface area contributed by atoms with Crippen LogP contribution >= 0.6 is 0 Å². The van der Waals surface area contributed by atoms with Crippen LogP contribution in [0.2, 0.25) is 0 Å². The van der Waals surface area contributed by atoms with Gasteiger partial charge in [0.1, 0.15) is 5.75 Å². The normalized spacial score (nSPS) is 18.7. The van der Waals surface area contributed by atoms with Gasteiger partial charge >= 0.3 is 0 Å². The van der Waals surface area contributed by atoms with Crippen molar-refractivity contribution in [3.05, 3.63) is 65.7 Å². The quantitative estimate of drug-likeness (QED) is 0.902. The van der Waals surface area contributed by atoms with Crippen molar-refractivity contribution in [3.63, 3.8) is 0 Å². The predicted octanol–water partition coefficient (Wildman–Crippen LogP) is 3.64. The topological polar surface area (TPSA) is 35.2 Å². The van der Waals surface area contributed by atoms with Gasteiger partial charge in [0.2, 0.25) is 0 Å². The molecular formula is C17H19NO. The van der Waals surface area contributed by atoms with Gasteiger partial charge in [-0.15, -0.1) is 0 Å². The van der Waals surface area contributed by atoms with Crippen molar-refractivity contribution in [1.29, 1.82) is 0 Å². The zero-order valence-corrected chi connectivity index (χ0v) is 11.0. The molecule has 3 rings (SSSR count). The van der Waals surface area contributed by atoms with Crippen LogP contribution in [0.5, 0.6) is 5.75 Å². The molecule has 2 nitrogen and oxygen atoms in total. The van der Waals surface area contributed by atoms with Gasteiger partial charge in [-0.2, -0.15) is 0 Å². The first kappa shape index (κ1) is 12.2. The molecule has 2 unspecified atom stereocenters. The van der Waals surface area contributed by atoms with Gasteiger partial charge in [-0.05, 0) is 24.5 Å². The van der Waals surface area contributed by atoms with Gasteiger partial charge in [-0.1, -0.05) is 48.5 Å². The van der Waals surface area contributed by atoms with Gasteiger partial charge in [0.05, 0.1) is 6.61 Å². The molecule has 0 saturated heterocycles. The monoisotopic (exact) mass is 253 g/mol. The minimum atomic E-state index is 0.119. The Hall–Kier alpha value is -1.80. The lowest BCUT2D eigenvalue weighted by atomic mass is 9.92. The van der Waals surface area contributed by atoms with E-state index in [1.165, 1.54) is 11.1 Å². The highest BCUT2D eigenvalue weighted by molar-refractivity contribution is 5.39. The predicted molar refractivity (Wildman–Crippen MR) is 77.3 cm³/mol. The number of para-hydroxylation sites is 1. The van der Waals surface area contributed by atoms with Crippen LogP contribution in [0.1, 0.15) is 35.9 Å². The van der Waals surface area contributed by atoms with Gasteiger partial charge in [-0.3, -0.25) is 0 Å². The summed E-state index contributed by atoms with van der Waals surface area (Å²) >= 11 is 0. The molecule has 0 radical (unpaired) electrons. The van der Waals surface area contributed by atoms with Crippen LogP contribution in [0, 0.1) is 0 Å². The molecule has 2 N–H and O–H groups in total. The standard InChI is InChI=1S/C17H19NO/c18-16(13-6-2-1-3-7-13)11-10-14-12-19-17-9-5-4-8-15(14)17/h1-9,14,16H,10-12,18H2. The third-order valence-corrected chi connectivity index (χ3v) is 3.85. The molecule has 0 aromatic heterocycles. The zero-order valence-electron chi connectivity index (χ0n) is 11.0. The second kappa shape index (κ2) is 5.45. The molecule has 1 aliphatic heterocycles. The van der Waals surface area contributed by atoms with Crippen LogP contribution in [-0.2, 0) is 0 Å². The lowest BCUT2D eigenvalue weighted by Gasteiger charge is -2.14. The van der Waals surface area contributed by atoms with Crippen molar-refractivity contribution in [1.82, 2.24) is 0 Å². The number of hydrogen-bond acceptors (Lipinski definition) is 2. The maximum atomic E-state index is 6.25. The molecule has 0 fully saturated rings. The summed E-state index contributed by atoms with van der Waals surface area (Å²) in [6.45, 7) is 0.793. The first-order chi connectivity index (χ1) is 9.34. The number of fused-ring (bicyclic) bond motifs is 1. The molecule has 98 valence electrons. The summed E-state index contributed by atoms with van der Waals surface area (Å²) in [6, 6.07) is 18.8.